The van der Waals surface area contributed by atoms with Gasteiger partial charge in [-0.15, -0.1) is 0 Å². The van der Waals surface area contributed by atoms with E-state index in [4.69, 9.17) is 4.74 Å². The van der Waals surface area contributed by atoms with Gasteiger partial charge in [-0.1, -0.05) is 27.2 Å². The molecule has 1 saturated heterocycles. The van der Waals surface area contributed by atoms with E-state index in [0.29, 0.717) is 11.5 Å². The van der Waals surface area contributed by atoms with E-state index in [1.807, 2.05) is 0 Å². The number of likely N-dealkylation sites (N-methyl/N-ethyl adjacent to an activating group) is 1. The second kappa shape index (κ2) is 8.13. The maximum atomic E-state index is 5.49. The van der Waals surface area contributed by atoms with E-state index in [0.717, 1.165) is 26.3 Å². The molecule has 1 heterocycles. The van der Waals surface area contributed by atoms with Crippen LogP contribution in [0.25, 0.3) is 0 Å². The fourth-order valence-corrected chi connectivity index (χ4v) is 2.99. The van der Waals surface area contributed by atoms with Crippen LogP contribution in [-0.4, -0.2) is 50.8 Å². The zero-order valence-corrected chi connectivity index (χ0v) is 12.8. The second-order valence-corrected chi connectivity index (χ2v) is 6.17. The molecule has 2 atom stereocenters. The van der Waals surface area contributed by atoms with Crippen molar-refractivity contribution in [3.8, 4) is 0 Å². The van der Waals surface area contributed by atoms with Crippen molar-refractivity contribution >= 4 is 0 Å². The Hall–Kier alpha value is -0.120. The first-order chi connectivity index (χ1) is 8.61. The van der Waals surface area contributed by atoms with E-state index >= 15 is 0 Å². The smallest absolute Gasteiger partial charge is 0.0622 e. The Morgan fingerprint density at radius 3 is 2.67 bits per heavy atom. The lowest BCUT2D eigenvalue weighted by molar-refractivity contribution is 0.116. The predicted molar refractivity (Wildman–Crippen MR) is 78.0 cm³/mol. The Labute approximate surface area is 113 Å². The third kappa shape index (κ3) is 5.25. The van der Waals surface area contributed by atoms with Crippen LogP contribution in [0.5, 0.6) is 0 Å². The molecule has 2 unspecified atom stereocenters. The van der Waals surface area contributed by atoms with E-state index in [9.17, 15) is 0 Å². The number of rotatable bonds is 9. The van der Waals surface area contributed by atoms with Gasteiger partial charge in [0.15, 0.2) is 0 Å². The highest BCUT2D eigenvalue weighted by atomic mass is 16.5. The summed E-state index contributed by atoms with van der Waals surface area (Å²) in [5.74, 6) is 0. The molecule has 18 heavy (non-hydrogen) atoms. The minimum Gasteiger partial charge on any atom is -0.380 e. The van der Waals surface area contributed by atoms with Crippen LogP contribution in [-0.2, 0) is 4.74 Å². The van der Waals surface area contributed by atoms with E-state index in [1.54, 1.807) is 0 Å². The van der Waals surface area contributed by atoms with Crippen LogP contribution in [0.15, 0.2) is 0 Å². The summed E-state index contributed by atoms with van der Waals surface area (Å²) < 4.78 is 5.49. The summed E-state index contributed by atoms with van der Waals surface area (Å²) in [7, 11) is 2.26. The molecule has 3 heteroatoms. The van der Waals surface area contributed by atoms with Gasteiger partial charge in [-0.3, -0.25) is 0 Å². The van der Waals surface area contributed by atoms with Gasteiger partial charge >= 0.3 is 0 Å². The topological polar surface area (TPSA) is 24.5 Å². The first-order valence-corrected chi connectivity index (χ1v) is 7.60. The van der Waals surface area contributed by atoms with Crippen LogP contribution in [0.3, 0.4) is 0 Å². The molecule has 1 N–H and O–H groups in total. The number of ether oxygens (including phenoxy) is 1. The van der Waals surface area contributed by atoms with Gasteiger partial charge in [-0.25, -0.2) is 0 Å². The molecule has 1 fully saturated rings. The number of hydrogen-bond acceptors (Lipinski definition) is 3. The first-order valence-electron chi connectivity index (χ1n) is 7.60. The predicted octanol–water partition coefficient (Wildman–Crippen LogP) is 2.51. The second-order valence-electron chi connectivity index (χ2n) is 6.17. The Bertz CT molecular complexity index is 217. The van der Waals surface area contributed by atoms with Crippen molar-refractivity contribution < 1.29 is 4.74 Å². The van der Waals surface area contributed by atoms with Gasteiger partial charge in [0, 0.05) is 25.7 Å². The summed E-state index contributed by atoms with van der Waals surface area (Å²) in [6.45, 7) is 12.2. The van der Waals surface area contributed by atoms with Crippen LogP contribution in [0.2, 0.25) is 0 Å². The minimum atomic E-state index is 0.390. The average Bonchev–Trinajstić information content (AvgIpc) is 2.83. The summed E-state index contributed by atoms with van der Waals surface area (Å²) in [6.07, 6.45) is 4.97. The molecule has 0 radical (unpaired) electrons. The summed E-state index contributed by atoms with van der Waals surface area (Å²) in [5.41, 5.74) is 0.390. The van der Waals surface area contributed by atoms with Crippen molar-refractivity contribution in [2.45, 2.75) is 52.5 Å². The summed E-state index contributed by atoms with van der Waals surface area (Å²) in [4.78, 5) is 2.51. The van der Waals surface area contributed by atoms with Crippen LogP contribution < -0.4 is 5.32 Å². The molecule has 0 aliphatic carbocycles. The number of nitrogens with zero attached hydrogens (tertiary/aromatic N) is 1. The van der Waals surface area contributed by atoms with E-state index in [-0.39, 0.29) is 0 Å². The minimum absolute atomic E-state index is 0.390. The molecule has 1 aliphatic heterocycles. The third-order valence-corrected chi connectivity index (χ3v) is 3.99. The highest BCUT2D eigenvalue weighted by Gasteiger charge is 2.29. The molecule has 0 saturated carbocycles. The van der Waals surface area contributed by atoms with Gasteiger partial charge in [0.25, 0.3) is 0 Å². The molecule has 3 nitrogen and oxygen atoms in total. The largest absolute Gasteiger partial charge is 0.380 e. The maximum absolute atomic E-state index is 5.49. The average molecular weight is 256 g/mol. The maximum Gasteiger partial charge on any atom is 0.0622 e. The standard InChI is InChI=1S/C15H32N2O/c1-5-8-15(3,12-16-9-6-2)13-17(4)14-7-10-18-11-14/h14,16H,5-13H2,1-4H3. The molecular formula is C15H32N2O. The van der Waals surface area contributed by atoms with Crippen LogP contribution >= 0.6 is 0 Å². The Balaban J connectivity index is 2.43. The number of nitrogens with one attached hydrogen (secondary N) is 1. The lowest BCUT2D eigenvalue weighted by atomic mass is 9.84. The van der Waals surface area contributed by atoms with Crippen molar-refractivity contribution in [3.63, 3.8) is 0 Å². The molecule has 0 amide bonds. The Kier molecular flexibility index (Phi) is 7.20. The normalized spacial score (nSPS) is 23.5. The summed E-state index contributed by atoms with van der Waals surface area (Å²) in [5, 5.41) is 3.60. The van der Waals surface area contributed by atoms with Gasteiger partial charge in [-0.2, -0.15) is 0 Å². The zero-order valence-electron chi connectivity index (χ0n) is 12.8. The Morgan fingerprint density at radius 2 is 2.11 bits per heavy atom. The van der Waals surface area contributed by atoms with Gasteiger partial charge < -0.3 is 15.0 Å². The molecule has 1 aliphatic rings. The highest BCUT2D eigenvalue weighted by Crippen LogP contribution is 2.25. The van der Waals surface area contributed by atoms with E-state index in [1.165, 1.54) is 32.2 Å². The molecule has 0 bridgehead atoms. The lowest BCUT2D eigenvalue weighted by Gasteiger charge is -2.36. The van der Waals surface area contributed by atoms with Crippen molar-refractivity contribution in [3.05, 3.63) is 0 Å². The van der Waals surface area contributed by atoms with Crippen LogP contribution in [0.1, 0.15) is 46.5 Å². The van der Waals surface area contributed by atoms with Crippen molar-refractivity contribution in [1.29, 1.82) is 0 Å². The molecule has 0 aromatic heterocycles. The Morgan fingerprint density at radius 1 is 1.33 bits per heavy atom. The van der Waals surface area contributed by atoms with E-state index in [2.05, 4.69) is 38.0 Å². The van der Waals surface area contributed by atoms with Gasteiger partial charge in [0.05, 0.1) is 6.61 Å². The van der Waals surface area contributed by atoms with Gasteiger partial charge in [0.2, 0.25) is 0 Å². The first kappa shape index (κ1) is 15.9. The van der Waals surface area contributed by atoms with Crippen molar-refractivity contribution in [2.24, 2.45) is 5.41 Å². The fraction of sp³-hybridized carbons (Fsp3) is 1.00. The summed E-state index contributed by atoms with van der Waals surface area (Å²) >= 11 is 0. The monoisotopic (exact) mass is 256 g/mol. The zero-order chi connectivity index (χ0) is 13.4. The number of hydrogen-bond donors (Lipinski definition) is 1. The lowest BCUT2D eigenvalue weighted by Crippen LogP contribution is -2.45. The SMILES string of the molecule is CCCNCC(C)(CCC)CN(C)C1CCOC1. The van der Waals surface area contributed by atoms with Gasteiger partial charge in [-0.05, 0) is 38.3 Å². The van der Waals surface area contributed by atoms with Crippen LogP contribution in [0.4, 0.5) is 0 Å². The molecular weight excluding hydrogens is 224 g/mol. The van der Waals surface area contributed by atoms with Crippen molar-refractivity contribution in [1.82, 2.24) is 10.2 Å². The molecule has 0 aromatic rings. The highest BCUT2D eigenvalue weighted by molar-refractivity contribution is 4.83. The molecule has 0 aromatic carbocycles. The quantitative estimate of drug-likeness (QED) is 0.642. The van der Waals surface area contributed by atoms with Crippen LogP contribution in [0, 0.1) is 5.41 Å². The summed E-state index contributed by atoms with van der Waals surface area (Å²) in [6, 6.07) is 0.632. The third-order valence-electron chi connectivity index (χ3n) is 3.99. The van der Waals surface area contributed by atoms with Gasteiger partial charge in [0.1, 0.15) is 0 Å². The van der Waals surface area contributed by atoms with Crippen molar-refractivity contribution in [2.75, 3.05) is 39.9 Å². The molecule has 1 rings (SSSR count). The molecule has 108 valence electrons. The fourth-order valence-electron chi connectivity index (χ4n) is 2.99. The van der Waals surface area contributed by atoms with E-state index < -0.39 is 0 Å². The molecule has 0 spiro atoms.